The van der Waals surface area contributed by atoms with E-state index in [1.165, 1.54) is 0 Å². The molecule has 0 radical (unpaired) electrons. The van der Waals surface area contributed by atoms with Crippen LogP contribution in [0.2, 0.25) is 0 Å². The second-order valence-electron chi connectivity index (χ2n) is 4.05. The minimum atomic E-state index is -0.413. The van der Waals surface area contributed by atoms with Crippen LogP contribution >= 0.6 is 15.9 Å². The molecule has 0 unspecified atom stereocenters. The number of benzene rings is 2. The summed E-state index contributed by atoms with van der Waals surface area (Å²) in [6.45, 7) is 0.734. The number of carbonyl (C=O) groups is 1. The van der Waals surface area contributed by atoms with Crippen LogP contribution in [-0.2, 0) is 17.9 Å². The van der Waals surface area contributed by atoms with Gasteiger partial charge in [0, 0.05) is 11.0 Å². The van der Waals surface area contributed by atoms with E-state index in [1.54, 1.807) is 0 Å². The molecular formula is C15H14BrNO2. The van der Waals surface area contributed by atoms with Crippen LogP contribution in [-0.4, -0.2) is 6.09 Å². The average molecular weight is 320 g/mol. The summed E-state index contributed by atoms with van der Waals surface area (Å²) < 4.78 is 6.11. The number of ether oxygens (including phenoxy) is 1. The van der Waals surface area contributed by atoms with Crippen LogP contribution < -0.4 is 5.32 Å². The highest BCUT2D eigenvalue weighted by Gasteiger charge is 2.02. The maximum absolute atomic E-state index is 11.5. The fourth-order valence-corrected chi connectivity index (χ4v) is 2.04. The first-order valence-corrected chi connectivity index (χ1v) is 6.72. The zero-order valence-corrected chi connectivity index (χ0v) is 11.9. The lowest BCUT2D eigenvalue weighted by Gasteiger charge is -2.07. The molecule has 0 aliphatic carbocycles. The van der Waals surface area contributed by atoms with Gasteiger partial charge in [-0.2, -0.15) is 0 Å². The summed E-state index contributed by atoms with van der Waals surface area (Å²) in [5.41, 5.74) is 1.99. The third-order valence-electron chi connectivity index (χ3n) is 2.54. The molecule has 19 heavy (non-hydrogen) atoms. The average Bonchev–Trinajstić information content (AvgIpc) is 2.44. The van der Waals surface area contributed by atoms with Crippen molar-refractivity contribution in [3.63, 3.8) is 0 Å². The van der Waals surface area contributed by atoms with E-state index in [1.807, 2.05) is 54.6 Å². The maximum atomic E-state index is 11.5. The molecular weight excluding hydrogens is 306 g/mol. The maximum Gasteiger partial charge on any atom is 0.407 e. The van der Waals surface area contributed by atoms with Gasteiger partial charge in [-0.1, -0.05) is 58.4 Å². The molecule has 0 aromatic heterocycles. The second kappa shape index (κ2) is 6.95. The Morgan fingerprint density at radius 1 is 1.05 bits per heavy atom. The molecule has 1 N–H and O–H groups in total. The van der Waals surface area contributed by atoms with Gasteiger partial charge in [0.25, 0.3) is 0 Å². The van der Waals surface area contributed by atoms with E-state index < -0.39 is 6.09 Å². The predicted molar refractivity (Wildman–Crippen MR) is 77.6 cm³/mol. The third-order valence-corrected chi connectivity index (χ3v) is 3.03. The summed E-state index contributed by atoms with van der Waals surface area (Å²) in [5.74, 6) is 0. The number of hydrogen-bond acceptors (Lipinski definition) is 2. The number of alkyl carbamates (subject to hydrolysis) is 1. The lowest BCUT2D eigenvalue weighted by Crippen LogP contribution is -2.23. The molecule has 0 saturated carbocycles. The molecule has 0 bridgehead atoms. The molecule has 0 atom stereocenters. The van der Waals surface area contributed by atoms with Crippen molar-refractivity contribution < 1.29 is 9.53 Å². The Bertz CT molecular complexity index is 543. The minimum absolute atomic E-state index is 0.283. The molecule has 3 nitrogen and oxygen atoms in total. The third kappa shape index (κ3) is 4.75. The van der Waals surface area contributed by atoms with E-state index in [2.05, 4.69) is 21.2 Å². The van der Waals surface area contributed by atoms with Gasteiger partial charge < -0.3 is 10.1 Å². The Kier molecular flexibility index (Phi) is 4.98. The van der Waals surface area contributed by atoms with Crippen LogP contribution in [0, 0.1) is 0 Å². The van der Waals surface area contributed by atoms with E-state index >= 15 is 0 Å². The molecule has 0 fully saturated rings. The van der Waals surface area contributed by atoms with Gasteiger partial charge in [0.05, 0.1) is 0 Å². The number of hydrogen-bond donors (Lipinski definition) is 1. The van der Waals surface area contributed by atoms with Crippen LogP contribution in [0.25, 0.3) is 0 Å². The van der Waals surface area contributed by atoms with Crippen molar-refractivity contribution in [1.29, 1.82) is 0 Å². The second-order valence-corrected chi connectivity index (χ2v) is 4.96. The number of nitrogens with one attached hydrogen (secondary N) is 1. The van der Waals surface area contributed by atoms with Crippen molar-refractivity contribution >= 4 is 22.0 Å². The Hall–Kier alpha value is -1.81. The van der Waals surface area contributed by atoms with Crippen molar-refractivity contribution in [2.75, 3.05) is 0 Å². The molecule has 0 heterocycles. The van der Waals surface area contributed by atoms with E-state index in [9.17, 15) is 4.79 Å². The SMILES string of the molecule is O=C(NCc1cccc(Br)c1)OCc1ccccc1. The van der Waals surface area contributed by atoms with E-state index in [4.69, 9.17) is 4.74 Å². The van der Waals surface area contributed by atoms with E-state index in [-0.39, 0.29) is 6.61 Å². The molecule has 0 saturated heterocycles. The molecule has 2 aromatic rings. The summed E-state index contributed by atoms with van der Waals surface area (Å²) in [4.78, 5) is 11.5. The molecule has 0 aliphatic rings. The summed E-state index contributed by atoms with van der Waals surface area (Å²) in [6.07, 6.45) is -0.413. The largest absolute Gasteiger partial charge is 0.445 e. The van der Waals surface area contributed by atoms with Crippen molar-refractivity contribution in [1.82, 2.24) is 5.32 Å². The van der Waals surface area contributed by atoms with E-state index in [0.717, 1.165) is 15.6 Å². The Morgan fingerprint density at radius 3 is 2.53 bits per heavy atom. The standard InChI is InChI=1S/C15H14BrNO2/c16-14-8-4-7-13(9-14)10-17-15(18)19-11-12-5-2-1-3-6-12/h1-9H,10-11H2,(H,17,18). The molecule has 1 amide bonds. The lowest BCUT2D eigenvalue weighted by molar-refractivity contribution is 0.139. The highest BCUT2D eigenvalue weighted by Crippen LogP contribution is 2.11. The quantitative estimate of drug-likeness (QED) is 0.928. The van der Waals surface area contributed by atoms with Gasteiger partial charge >= 0.3 is 6.09 Å². The number of amides is 1. The minimum Gasteiger partial charge on any atom is -0.445 e. The first kappa shape index (κ1) is 13.6. The monoisotopic (exact) mass is 319 g/mol. The van der Waals surface area contributed by atoms with Crippen molar-refractivity contribution in [3.8, 4) is 0 Å². The molecule has 98 valence electrons. The van der Waals surface area contributed by atoms with Crippen molar-refractivity contribution in [2.45, 2.75) is 13.2 Å². The first-order chi connectivity index (χ1) is 9.24. The molecule has 4 heteroatoms. The van der Waals surface area contributed by atoms with Crippen LogP contribution in [0.3, 0.4) is 0 Å². The zero-order chi connectivity index (χ0) is 13.5. The van der Waals surface area contributed by atoms with E-state index in [0.29, 0.717) is 6.54 Å². The smallest absolute Gasteiger partial charge is 0.407 e. The topological polar surface area (TPSA) is 38.3 Å². The Labute approximate surface area is 120 Å². The fraction of sp³-hybridized carbons (Fsp3) is 0.133. The highest BCUT2D eigenvalue weighted by molar-refractivity contribution is 9.10. The predicted octanol–water partition coefficient (Wildman–Crippen LogP) is 3.88. The van der Waals surface area contributed by atoms with Crippen molar-refractivity contribution in [3.05, 3.63) is 70.2 Å². The summed E-state index contributed by atoms with van der Waals surface area (Å²) in [6, 6.07) is 17.4. The number of halogens is 1. The van der Waals surface area contributed by atoms with Gasteiger partial charge in [-0.15, -0.1) is 0 Å². The van der Waals surface area contributed by atoms with Gasteiger partial charge in [0.1, 0.15) is 6.61 Å². The lowest BCUT2D eigenvalue weighted by atomic mass is 10.2. The molecule has 0 spiro atoms. The van der Waals surface area contributed by atoms with Crippen LogP contribution in [0.4, 0.5) is 4.79 Å². The summed E-state index contributed by atoms with van der Waals surface area (Å²) in [5, 5.41) is 2.71. The summed E-state index contributed by atoms with van der Waals surface area (Å²) in [7, 11) is 0. The van der Waals surface area contributed by atoms with Gasteiger partial charge in [0.15, 0.2) is 0 Å². The number of rotatable bonds is 4. The zero-order valence-electron chi connectivity index (χ0n) is 10.3. The van der Waals surface area contributed by atoms with Crippen LogP contribution in [0.5, 0.6) is 0 Å². The Morgan fingerprint density at radius 2 is 1.79 bits per heavy atom. The molecule has 2 aromatic carbocycles. The van der Waals surface area contributed by atoms with Gasteiger partial charge in [-0.05, 0) is 23.3 Å². The van der Waals surface area contributed by atoms with Crippen LogP contribution in [0.1, 0.15) is 11.1 Å². The van der Waals surface area contributed by atoms with Crippen molar-refractivity contribution in [2.24, 2.45) is 0 Å². The van der Waals surface area contributed by atoms with Gasteiger partial charge in [0.2, 0.25) is 0 Å². The molecule has 2 rings (SSSR count). The van der Waals surface area contributed by atoms with Crippen LogP contribution in [0.15, 0.2) is 59.1 Å². The molecule has 0 aliphatic heterocycles. The fourth-order valence-electron chi connectivity index (χ4n) is 1.60. The normalized spacial score (nSPS) is 9.95. The Balaban J connectivity index is 1.76. The first-order valence-electron chi connectivity index (χ1n) is 5.93. The highest BCUT2D eigenvalue weighted by atomic mass is 79.9. The van der Waals surface area contributed by atoms with Gasteiger partial charge in [-0.3, -0.25) is 0 Å². The number of carbonyl (C=O) groups excluding carboxylic acids is 1. The van der Waals surface area contributed by atoms with Gasteiger partial charge in [-0.25, -0.2) is 4.79 Å². The summed E-state index contributed by atoms with van der Waals surface area (Å²) >= 11 is 3.39.